The van der Waals surface area contributed by atoms with E-state index in [9.17, 15) is 14.7 Å². The first-order chi connectivity index (χ1) is 11.6. The first kappa shape index (κ1) is 17.0. The van der Waals surface area contributed by atoms with Crippen molar-refractivity contribution < 1.29 is 14.7 Å². The van der Waals surface area contributed by atoms with Gasteiger partial charge in [0.1, 0.15) is 6.04 Å². The number of fused-ring (bicyclic) bond motifs is 1. The minimum atomic E-state index is -0.602. The number of hydrogen-bond acceptors (Lipinski definition) is 3. The highest BCUT2D eigenvalue weighted by Crippen LogP contribution is 2.31. The van der Waals surface area contributed by atoms with Crippen LogP contribution < -0.4 is 5.32 Å². The Morgan fingerprint density at radius 2 is 2.08 bits per heavy atom. The topological polar surface area (TPSA) is 69.6 Å². The lowest BCUT2D eigenvalue weighted by Gasteiger charge is -2.35. The number of piperidine rings is 1. The van der Waals surface area contributed by atoms with Crippen LogP contribution in [0.25, 0.3) is 0 Å². The lowest BCUT2D eigenvalue weighted by Crippen LogP contribution is -2.53. The Bertz CT molecular complexity index is 616. The Labute approximate surface area is 143 Å². The smallest absolute Gasteiger partial charge is 0.243 e. The molecule has 1 saturated heterocycles. The molecule has 2 N–H and O–H groups in total. The van der Waals surface area contributed by atoms with Crippen molar-refractivity contribution in [3.05, 3.63) is 35.4 Å². The maximum Gasteiger partial charge on any atom is 0.243 e. The fourth-order valence-corrected chi connectivity index (χ4v) is 3.86. The summed E-state index contributed by atoms with van der Waals surface area (Å²) in [5.74, 6) is -0.0790. The number of nitrogens with zero attached hydrogens (tertiary/aromatic N) is 1. The number of hydrogen-bond donors (Lipinski definition) is 2. The molecule has 0 spiro atoms. The summed E-state index contributed by atoms with van der Waals surface area (Å²) in [6.45, 7) is 2.63. The van der Waals surface area contributed by atoms with Gasteiger partial charge in [0, 0.05) is 19.4 Å². The number of nitrogens with one attached hydrogen (secondary N) is 1. The van der Waals surface area contributed by atoms with E-state index in [1.165, 1.54) is 0 Å². The van der Waals surface area contributed by atoms with Gasteiger partial charge in [-0.05, 0) is 36.8 Å². The maximum absolute atomic E-state index is 12.8. The maximum atomic E-state index is 12.8. The molecule has 0 saturated carbocycles. The van der Waals surface area contributed by atoms with Crippen LogP contribution in [0.5, 0.6) is 0 Å². The summed E-state index contributed by atoms with van der Waals surface area (Å²) in [4.78, 5) is 26.9. The van der Waals surface area contributed by atoms with Gasteiger partial charge in [0.15, 0.2) is 0 Å². The van der Waals surface area contributed by atoms with Gasteiger partial charge in [-0.1, -0.05) is 31.2 Å². The van der Waals surface area contributed by atoms with Gasteiger partial charge in [0.05, 0.1) is 12.1 Å². The number of amides is 2. The molecule has 0 bridgehead atoms. The van der Waals surface area contributed by atoms with Crippen LogP contribution in [0.3, 0.4) is 0 Å². The predicted molar refractivity (Wildman–Crippen MR) is 91.3 cm³/mol. The molecule has 1 aromatic carbocycles. The van der Waals surface area contributed by atoms with E-state index in [1.807, 2.05) is 31.2 Å². The SMILES string of the molecule is CCCC(=O)N1CCCCC1C(=O)NC1c2ccccc2CC1O. The Balaban J connectivity index is 1.72. The van der Waals surface area contributed by atoms with E-state index in [2.05, 4.69) is 5.32 Å². The van der Waals surface area contributed by atoms with Crippen molar-refractivity contribution >= 4 is 11.8 Å². The first-order valence-corrected chi connectivity index (χ1v) is 8.97. The van der Waals surface area contributed by atoms with Crippen molar-refractivity contribution in [2.24, 2.45) is 0 Å². The second kappa shape index (κ2) is 7.34. The Morgan fingerprint density at radius 3 is 2.88 bits per heavy atom. The molecule has 2 aliphatic rings. The van der Waals surface area contributed by atoms with Crippen molar-refractivity contribution in [2.45, 2.75) is 63.6 Å². The normalized spacial score (nSPS) is 26.1. The zero-order chi connectivity index (χ0) is 17.1. The molecule has 5 nitrogen and oxygen atoms in total. The van der Waals surface area contributed by atoms with Crippen molar-refractivity contribution in [3.8, 4) is 0 Å². The molecule has 5 heteroatoms. The van der Waals surface area contributed by atoms with Crippen LogP contribution >= 0.6 is 0 Å². The first-order valence-electron chi connectivity index (χ1n) is 8.97. The second-order valence-corrected chi connectivity index (χ2v) is 6.81. The zero-order valence-corrected chi connectivity index (χ0v) is 14.2. The molecule has 24 heavy (non-hydrogen) atoms. The molecule has 1 aromatic rings. The molecule has 3 rings (SSSR count). The summed E-state index contributed by atoms with van der Waals surface area (Å²) in [6, 6.07) is 7.03. The highest BCUT2D eigenvalue weighted by molar-refractivity contribution is 5.88. The average Bonchev–Trinajstić information content (AvgIpc) is 2.91. The van der Waals surface area contributed by atoms with Crippen LogP contribution in [-0.2, 0) is 16.0 Å². The monoisotopic (exact) mass is 330 g/mol. The van der Waals surface area contributed by atoms with Crippen molar-refractivity contribution in [3.63, 3.8) is 0 Å². The van der Waals surface area contributed by atoms with Crippen LogP contribution in [0.1, 0.15) is 56.2 Å². The number of carbonyl (C=O) groups excluding carboxylic acids is 2. The lowest BCUT2D eigenvalue weighted by molar-refractivity contribution is -0.143. The van der Waals surface area contributed by atoms with Gasteiger partial charge in [-0.2, -0.15) is 0 Å². The van der Waals surface area contributed by atoms with E-state index in [4.69, 9.17) is 0 Å². The van der Waals surface area contributed by atoms with E-state index in [-0.39, 0.29) is 17.9 Å². The average molecular weight is 330 g/mol. The molecule has 2 amide bonds. The summed E-state index contributed by atoms with van der Waals surface area (Å²) in [5, 5.41) is 13.3. The van der Waals surface area contributed by atoms with Gasteiger partial charge in [-0.15, -0.1) is 0 Å². The fourth-order valence-electron chi connectivity index (χ4n) is 3.86. The number of rotatable bonds is 4. The summed E-state index contributed by atoms with van der Waals surface area (Å²) in [5.41, 5.74) is 2.07. The minimum absolute atomic E-state index is 0.0599. The van der Waals surface area contributed by atoms with Crippen LogP contribution in [0.15, 0.2) is 24.3 Å². The molecule has 3 atom stereocenters. The minimum Gasteiger partial charge on any atom is -0.390 e. The van der Waals surface area contributed by atoms with E-state index in [0.717, 1.165) is 30.4 Å². The summed E-state index contributed by atoms with van der Waals surface area (Å²) in [6.07, 6.45) is 3.84. The van der Waals surface area contributed by atoms with E-state index < -0.39 is 12.1 Å². The zero-order valence-electron chi connectivity index (χ0n) is 14.2. The largest absolute Gasteiger partial charge is 0.390 e. The highest BCUT2D eigenvalue weighted by Gasteiger charge is 2.36. The van der Waals surface area contributed by atoms with Crippen LogP contribution in [-0.4, -0.2) is 40.5 Å². The number of likely N-dealkylation sites (tertiary alicyclic amines) is 1. The molecular formula is C19H26N2O3. The van der Waals surface area contributed by atoms with Gasteiger partial charge < -0.3 is 15.3 Å². The Morgan fingerprint density at radius 1 is 1.29 bits per heavy atom. The Hall–Kier alpha value is -1.88. The molecule has 1 aliphatic heterocycles. The predicted octanol–water partition coefficient (Wildman–Crippen LogP) is 1.94. The third-order valence-electron chi connectivity index (χ3n) is 5.09. The summed E-state index contributed by atoms with van der Waals surface area (Å²) < 4.78 is 0. The third kappa shape index (κ3) is 3.31. The van der Waals surface area contributed by atoms with Gasteiger partial charge in [-0.25, -0.2) is 0 Å². The molecule has 1 fully saturated rings. The molecule has 1 heterocycles. The number of aliphatic hydroxyl groups is 1. The van der Waals surface area contributed by atoms with E-state index >= 15 is 0 Å². The van der Waals surface area contributed by atoms with E-state index in [1.54, 1.807) is 4.90 Å². The molecule has 3 unspecified atom stereocenters. The summed E-state index contributed by atoms with van der Waals surface area (Å²) in [7, 11) is 0. The van der Waals surface area contributed by atoms with Gasteiger partial charge in [0.2, 0.25) is 11.8 Å². The lowest BCUT2D eigenvalue weighted by atomic mass is 9.99. The second-order valence-electron chi connectivity index (χ2n) is 6.81. The summed E-state index contributed by atoms with van der Waals surface area (Å²) >= 11 is 0. The quantitative estimate of drug-likeness (QED) is 0.886. The van der Waals surface area contributed by atoms with Crippen molar-refractivity contribution in [1.82, 2.24) is 10.2 Å². The standard InChI is InChI=1S/C19H26N2O3/c1-2-7-17(23)21-11-6-5-10-15(21)19(24)20-18-14-9-4-3-8-13(14)12-16(18)22/h3-4,8-9,15-16,18,22H,2,5-7,10-12H2,1H3,(H,20,24). The number of aliphatic hydroxyl groups excluding tert-OH is 1. The van der Waals surface area contributed by atoms with Crippen LogP contribution in [0.4, 0.5) is 0 Å². The van der Waals surface area contributed by atoms with Gasteiger partial charge in [-0.3, -0.25) is 9.59 Å². The van der Waals surface area contributed by atoms with Crippen molar-refractivity contribution in [2.75, 3.05) is 6.54 Å². The van der Waals surface area contributed by atoms with Crippen LogP contribution in [0, 0.1) is 0 Å². The number of carbonyl (C=O) groups is 2. The molecule has 0 aromatic heterocycles. The van der Waals surface area contributed by atoms with E-state index in [0.29, 0.717) is 25.8 Å². The number of benzene rings is 1. The highest BCUT2D eigenvalue weighted by atomic mass is 16.3. The van der Waals surface area contributed by atoms with Gasteiger partial charge in [0.25, 0.3) is 0 Å². The third-order valence-corrected chi connectivity index (χ3v) is 5.09. The molecule has 0 radical (unpaired) electrons. The molecule has 1 aliphatic carbocycles. The van der Waals surface area contributed by atoms with Gasteiger partial charge >= 0.3 is 0 Å². The van der Waals surface area contributed by atoms with Crippen LogP contribution in [0.2, 0.25) is 0 Å². The fraction of sp³-hybridized carbons (Fsp3) is 0.579. The molecule has 130 valence electrons. The van der Waals surface area contributed by atoms with Crippen molar-refractivity contribution in [1.29, 1.82) is 0 Å². The molecular weight excluding hydrogens is 304 g/mol. The Kier molecular flexibility index (Phi) is 5.19.